The lowest BCUT2D eigenvalue weighted by atomic mass is 10.3. The zero-order chi connectivity index (χ0) is 11.8. The number of aromatic nitrogens is 2. The Morgan fingerprint density at radius 1 is 1.53 bits per heavy atom. The molecule has 17 heavy (non-hydrogen) atoms. The quantitative estimate of drug-likeness (QED) is 0.640. The van der Waals surface area contributed by atoms with E-state index in [0.717, 1.165) is 34.9 Å². The Labute approximate surface area is 113 Å². The Hall–Kier alpha value is -0.360. The first-order valence-corrected chi connectivity index (χ1v) is 7.54. The fourth-order valence-electron chi connectivity index (χ4n) is 1.62. The van der Waals surface area contributed by atoms with Crippen LogP contribution in [-0.2, 0) is 11.2 Å². The van der Waals surface area contributed by atoms with Gasteiger partial charge in [-0.15, -0.1) is 11.3 Å². The molecule has 0 saturated carbocycles. The molecule has 6 heteroatoms. The van der Waals surface area contributed by atoms with E-state index in [-0.39, 0.29) is 0 Å². The summed E-state index contributed by atoms with van der Waals surface area (Å²) in [6, 6.07) is 2.18. The Bertz CT molecular complexity index is 554. The smallest absolute Gasteiger partial charge is 0.224 e. The first-order valence-electron chi connectivity index (χ1n) is 5.46. The maximum absolute atomic E-state index is 5.96. The molecule has 2 aromatic rings. The van der Waals surface area contributed by atoms with Gasteiger partial charge in [0, 0.05) is 10.3 Å². The lowest BCUT2D eigenvalue weighted by Crippen LogP contribution is -2.30. The summed E-state index contributed by atoms with van der Waals surface area (Å²) >= 11 is 9.40. The third-order valence-electron chi connectivity index (χ3n) is 2.62. The SMILES string of the molecule is CCc1cc2c(SC3COC3)nc(Cl)nc2s1. The molecule has 0 aromatic carbocycles. The van der Waals surface area contributed by atoms with Gasteiger partial charge in [0.25, 0.3) is 0 Å². The van der Waals surface area contributed by atoms with Crippen molar-refractivity contribution in [2.24, 2.45) is 0 Å². The lowest BCUT2D eigenvalue weighted by Gasteiger charge is -2.24. The zero-order valence-corrected chi connectivity index (χ0v) is 11.7. The lowest BCUT2D eigenvalue weighted by molar-refractivity contribution is 0.0455. The van der Waals surface area contributed by atoms with Gasteiger partial charge in [0.05, 0.1) is 18.5 Å². The Morgan fingerprint density at radius 3 is 3.00 bits per heavy atom. The molecule has 0 spiro atoms. The molecule has 0 atom stereocenters. The highest BCUT2D eigenvalue weighted by atomic mass is 35.5. The van der Waals surface area contributed by atoms with Gasteiger partial charge in [-0.3, -0.25) is 0 Å². The number of thiophene rings is 1. The summed E-state index contributed by atoms with van der Waals surface area (Å²) in [5, 5.41) is 2.97. The second-order valence-corrected chi connectivity index (χ2v) is 6.60. The number of hydrogen-bond acceptors (Lipinski definition) is 5. The number of fused-ring (bicyclic) bond motifs is 1. The molecule has 0 unspecified atom stereocenters. The molecule has 0 amide bonds. The molecular weight excluding hydrogens is 276 g/mol. The largest absolute Gasteiger partial charge is 0.379 e. The topological polar surface area (TPSA) is 35.0 Å². The zero-order valence-electron chi connectivity index (χ0n) is 9.27. The summed E-state index contributed by atoms with van der Waals surface area (Å²) in [5.41, 5.74) is 0. The van der Waals surface area contributed by atoms with Crippen molar-refractivity contribution in [2.75, 3.05) is 13.2 Å². The average Bonchev–Trinajstić information content (AvgIpc) is 2.65. The van der Waals surface area contributed by atoms with Gasteiger partial charge in [-0.2, -0.15) is 0 Å². The first-order chi connectivity index (χ1) is 8.26. The number of hydrogen-bond donors (Lipinski definition) is 0. The van der Waals surface area contributed by atoms with Gasteiger partial charge in [0.2, 0.25) is 5.28 Å². The molecule has 1 aliphatic rings. The van der Waals surface area contributed by atoms with Crippen LogP contribution in [0.2, 0.25) is 5.28 Å². The molecule has 1 fully saturated rings. The summed E-state index contributed by atoms with van der Waals surface area (Å²) < 4.78 is 5.18. The van der Waals surface area contributed by atoms with Crippen LogP contribution in [0.15, 0.2) is 11.1 Å². The normalized spacial score (nSPS) is 16.4. The van der Waals surface area contributed by atoms with Crippen LogP contribution >= 0.6 is 34.7 Å². The number of aryl methyl sites for hydroxylation is 1. The predicted octanol–water partition coefficient (Wildman–Crippen LogP) is 3.40. The number of thioether (sulfide) groups is 1. The highest BCUT2D eigenvalue weighted by Gasteiger charge is 2.22. The van der Waals surface area contributed by atoms with Crippen molar-refractivity contribution in [3.05, 3.63) is 16.2 Å². The molecule has 1 aliphatic heterocycles. The summed E-state index contributed by atoms with van der Waals surface area (Å²) in [5.74, 6) is 0. The van der Waals surface area contributed by atoms with Crippen LogP contribution in [0.25, 0.3) is 10.2 Å². The van der Waals surface area contributed by atoms with Gasteiger partial charge in [-0.25, -0.2) is 9.97 Å². The van der Waals surface area contributed by atoms with E-state index in [1.807, 2.05) is 0 Å². The van der Waals surface area contributed by atoms with Crippen LogP contribution in [0.5, 0.6) is 0 Å². The van der Waals surface area contributed by atoms with Crippen LogP contribution in [-0.4, -0.2) is 28.4 Å². The van der Waals surface area contributed by atoms with Crippen LogP contribution in [0.1, 0.15) is 11.8 Å². The van der Waals surface area contributed by atoms with Gasteiger partial charge in [-0.1, -0.05) is 18.7 Å². The molecule has 3 heterocycles. The summed E-state index contributed by atoms with van der Waals surface area (Å²) in [7, 11) is 0. The van der Waals surface area contributed by atoms with Crippen molar-refractivity contribution in [1.29, 1.82) is 0 Å². The summed E-state index contributed by atoms with van der Waals surface area (Å²) in [6.07, 6.45) is 1.02. The van der Waals surface area contributed by atoms with Gasteiger partial charge in [0.1, 0.15) is 9.86 Å². The van der Waals surface area contributed by atoms with E-state index in [9.17, 15) is 0 Å². The average molecular weight is 287 g/mol. The third-order valence-corrected chi connectivity index (χ3v) is 5.10. The monoisotopic (exact) mass is 286 g/mol. The van der Waals surface area contributed by atoms with Crippen molar-refractivity contribution < 1.29 is 4.74 Å². The maximum Gasteiger partial charge on any atom is 0.224 e. The van der Waals surface area contributed by atoms with Crippen molar-refractivity contribution in [3.63, 3.8) is 0 Å². The molecule has 0 N–H and O–H groups in total. The van der Waals surface area contributed by atoms with E-state index < -0.39 is 0 Å². The second-order valence-electron chi connectivity index (χ2n) is 3.86. The standard InChI is InChI=1S/C11H11ClN2OS2/c1-2-6-3-8-9(16-6)13-11(12)14-10(8)17-7-4-15-5-7/h3,7H,2,4-5H2,1H3. The number of ether oxygens (including phenoxy) is 1. The molecule has 0 bridgehead atoms. The number of rotatable bonds is 3. The van der Waals surface area contributed by atoms with Crippen LogP contribution in [0, 0.1) is 0 Å². The third kappa shape index (κ3) is 2.29. The van der Waals surface area contributed by atoms with E-state index in [1.165, 1.54) is 4.88 Å². The van der Waals surface area contributed by atoms with Crippen LogP contribution in [0.3, 0.4) is 0 Å². The van der Waals surface area contributed by atoms with E-state index in [4.69, 9.17) is 16.3 Å². The van der Waals surface area contributed by atoms with Crippen LogP contribution in [0.4, 0.5) is 0 Å². The Morgan fingerprint density at radius 2 is 2.35 bits per heavy atom. The minimum atomic E-state index is 0.338. The highest BCUT2D eigenvalue weighted by molar-refractivity contribution is 8.00. The van der Waals surface area contributed by atoms with E-state index in [2.05, 4.69) is 23.0 Å². The van der Waals surface area contributed by atoms with Crippen molar-refractivity contribution >= 4 is 44.9 Å². The first kappa shape index (κ1) is 11.7. The molecule has 2 aromatic heterocycles. The fourth-order valence-corrected chi connectivity index (χ4v) is 3.99. The van der Waals surface area contributed by atoms with Crippen molar-refractivity contribution in [3.8, 4) is 0 Å². The van der Waals surface area contributed by atoms with Gasteiger partial charge in [0.15, 0.2) is 0 Å². The second kappa shape index (κ2) is 4.72. The molecule has 0 radical (unpaired) electrons. The van der Waals surface area contributed by atoms with Crippen molar-refractivity contribution in [2.45, 2.75) is 23.6 Å². The van der Waals surface area contributed by atoms with Crippen molar-refractivity contribution in [1.82, 2.24) is 9.97 Å². The van der Waals surface area contributed by atoms with E-state index in [0.29, 0.717) is 10.5 Å². The number of nitrogens with zero attached hydrogens (tertiary/aromatic N) is 2. The van der Waals surface area contributed by atoms with Gasteiger partial charge < -0.3 is 4.74 Å². The Kier molecular flexibility index (Phi) is 3.25. The molecule has 1 saturated heterocycles. The summed E-state index contributed by atoms with van der Waals surface area (Å²) in [4.78, 5) is 10.9. The van der Waals surface area contributed by atoms with E-state index >= 15 is 0 Å². The molecule has 0 aliphatic carbocycles. The molecule has 90 valence electrons. The Balaban J connectivity index is 2.04. The van der Waals surface area contributed by atoms with Crippen LogP contribution < -0.4 is 0 Å². The fraction of sp³-hybridized carbons (Fsp3) is 0.455. The molecule has 3 nitrogen and oxygen atoms in total. The summed E-state index contributed by atoms with van der Waals surface area (Å²) in [6.45, 7) is 3.75. The number of halogens is 1. The molecule has 3 rings (SSSR count). The predicted molar refractivity (Wildman–Crippen MR) is 72.3 cm³/mol. The van der Waals surface area contributed by atoms with E-state index in [1.54, 1.807) is 23.1 Å². The van der Waals surface area contributed by atoms with Gasteiger partial charge >= 0.3 is 0 Å². The minimum Gasteiger partial charge on any atom is -0.379 e. The highest BCUT2D eigenvalue weighted by Crippen LogP contribution is 2.35. The maximum atomic E-state index is 5.96. The van der Waals surface area contributed by atoms with Gasteiger partial charge in [-0.05, 0) is 24.1 Å². The molecular formula is C11H11ClN2OS2. The minimum absolute atomic E-state index is 0.338.